The number of carbonyl (C=O) groups is 1. The van der Waals surface area contributed by atoms with Gasteiger partial charge < -0.3 is 14.8 Å². The lowest BCUT2D eigenvalue weighted by Gasteiger charge is -2.25. The molecule has 1 aromatic carbocycles. The third kappa shape index (κ3) is 6.77. The van der Waals surface area contributed by atoms with Crippen LogP contribution in [-0.4, -0.2) is 30.8 Å². The van der Waals surface area contributed by atoms with Crippen molar-refractivity contribution in [3.63, 3.8) is 0 Å². The van der Waals surface area contributed by atoms with E-state index in [9.17, 15) is 4.79 Å². The monoisotopic (exact) mass is 290 g/mol. The van der Waals surface area contributed by atoms with Gasteiger partial charge in [0, 0.05) is 19.0 Å². The van der Waals surface area contributed by atoms with Gasteiger partial charge in [0.1, 0.15) is 24.5 Å². The highest BCUT2D eigenvalue weighted by Gasteiger charge is 2.18. The van der Waals surface area contributed by atoms with Gasteiger partial charge in [0.15, 0.2) is 0 Å². The number of hydrogen-bond donors (Lipinski definition) is 1. The quantitative estimate of drug-likeness (QED) is 0.814. The minimum Gasteiger partial charge on any atom is -0.488 e. The zero-order valence-electron chi connectivity index (χ0n) is 13.0. The molecule has 0 saturated carbocycles. The first-order valence-electron chi connectivity index (χ1n) is 6.86. The molecule has 0 amide bonds. The SMILES string of the molecule is CC(=O)OC(CNC(C)(C)C)COc1ccccc1C#N. The van der Waals surface area contributed by atoms with E-state index in [0.29, 0.717) is 17.9 Å². The van der Waals surface area contributed by atoms with Gasteiger partial charge in [-0.05, 0) is 32.9 Å². The van der Waals surface area contributed by atoms with E-state index in [4.69, 9.17) is 14.7 Å². The van der Waals surface area contributed by atoms with Gasteiger partial charge in [-0.25, -0.2) is 0 Å². The Morgan fingerprint density at radius 3 is 2.62 bits per heavy atom. The minimum absolute atomic E-state index is 0.0804. The van der Waals surface area contributed by atoms with Crippen LogP contribution in [0.2, 0.25) is 0 Å². The third-order valence-corrected chi connectivity index (χ3v) is 2.62. The maximum absolute atomic E-state index is 11.2. The summed E-state index contributed by atoms with van der Waals surface area (Å²) in [7, 11) is 0. The molecule has 5 nitrogen and oxygen atoms in total. The first-order chi connectivity index (χ1) is 9.81. The molecule has 1 atom stereocenters. The largest absolute Gasteiger partial charge is 0.488 e. The summed E-state index contributed by atoms with van der Waals surface area (Å²) in [5.41, 5.74) is 0.381. The van der Waals surface area contributed by atoms with Crippen molar-refractivity contribution in [3.8, 4) is 11.8 Å². The number of hydrogen-bond acceptors (Lipinski definition) is 5. The van der Waals surface area contributed by atoms with E-state index in [-0.39, 0.29) is 18.1 Å². The van der Waals surface area contributed by atoms with E-state index in [1.165, 1.54) is 6.92 Å². The number of esters is 1. The molecule has 1 unspecified atom stereocenters. The maximum atomic E-state index is 11.2. The number of benzene rings is 1. The Hall–Kier alpha value is -2.06. The summed E-state index contributed by atoms with van der Waals surface area (Å²) in [6, 6.07) is 9.04. The Balaban J connectivity index is 2.64. The molecule has 21 heavy (non-hydrogen) atoms. The molecule has 1 N–H and O–H groups in total. The molecule has 1 rings (SSSR count). The normalized spacial score (nSPS) is 12.3. The van der Waals surface area contributed by atoms with Gasteiger partial charge in [-0.15, -0.1) is 0 Å². The molecule has 0 radical (unpaired) electrons. The maximum Gasteiger partial charge on any atom is 0.303 e. The topological polar surface area (TPSA) is 71.3 Å². The Morgan fingerprint density at radius 2 is 2.05 bits per heavy atom. The van der Waals surface area contributed by atoms with Crippen LogP contribution in [0.15, 0.2) is 24.3 Å². The van der Waals surface area contributed by atoms with E-state index < -0.39 is 6.10 Å². The minimum atomic E-state index is -0.409. The fraction of sp³-hybridized carbons (Fsp3) is 0.500. The molecule has 0 bridgehead atoms. The molecule has 0 saturated heterocycles. The standard InChI is InChI=1S/C16H22N2O3/c1-12(19)21-14(10-18-16(2,3)4)11-20-15-8-6-5-7-13(15)9-17/h5-8,14,18H,10-11H2,1-4H3. The highest BCUT2D eigenvalue weighted by atomic mass is 16.6. The highest BCUT2D eigenvalue weighted by Crippen LogP contribution is 2.17. The fourth-order valence-electron chi connectivity index (χ4n) is 1.66. The van der Waals surface area contributed by atoms with E-state index in [0.717, 1.165) is 0 Å². The van der Waals surface area contributed by atoms with Crippen LogP contribution in [0.1, 0.15) is 33.3 Å². The van der Waals surface area contributed by atoms with Crippen LogP contribution in [0.5, 0.6) is 5.75 Å². The number of rotatable bonds is 6. The molecule has 0 aliphatic carbocycles. The Kier molecular flexibility index (Phi) is 6.19. The average molecular weight is 290 g/mol. The van der Waals surface area contributed by atoms with Gasteiger partial charge in [-0.2, -0.15) is 5.26 Å². The van der Waals surface area contributed by atoms with Crippen molar-refractivity contribution in [1.82, 2.24) is 5.32 Å². The molecule has 1 aromatic rings. The van der Waals surface area contributed by atoms with Crippen molar-refractivity contribution in [3.05, 3.63) is 29.8 Å². The molecule has 0 aliphatic heterocycles. The summed E-state index contributed by atoms with van der Waals surface area (Å²) in [5, 5.41) is 12.3. The van der Waals surface area contributed by atoms with Crippen LogP contribution in [0.4, 0.5) is 0 Å². The van der Waals surface area contributed by atoms with Crippen LogP contribution in [0.25, 0.3) is 0 Å². The molecule has 0 aromatic heterocycles. The van der Waals surface area contributed by atoms with Gasteiger partial charge >= 0.3 is 5.97 Å². The third-order valence-electron chi connectivity index (χ3n) is 2.62. The summed E-state index contributed by atoms with van der Waals surface area (Å²) >= 11 is 0. The molecule has 0 fully saturated rings. The summed E-state index contributed by atoms with van der Waals surface area (Å²) in [5.74, 6) is 0.140. The van der Waals surface area contributed by atoms with Gasteiger partial charge in [0.25, 0.3) is 0 Å². The number of carbonyl (C=O) groups excluding carboxylic acids is 1. The molecule has 0 heterocycles. The second-order valence-electron chi connectivity index (χ2n) is 5.78. The van der Waals surface area contributed by atoms with Crippen molar-refractivity contribution in [2.45, 2.75) is 39.3 Å². The van der Waals surface area contributed by atoms with Crippen molar-refractivity contribution in [2.75, 3.05) is 13.2 Å². The van der Waals surface area contributed by atoms with Crippen LogP contribution >= 0.6 is 0 Å². The van der Waals surface area contributed by atoms with Crippen LogP contribution < -0.4 is 10.1 Å². The van der Waals surface area contributed by atoms with Gasteiger partial charge in [-0.3, -0.25) is 4.79 Å². The van der Waals surface area contributed by atoms with E-state index in [2.05, 4.69) is 11.4 Å². The first kappa shape index (κ1) is 17.0. The highest BCUT2D eigenvalue weighted by molar-refractivity contribution is 5.66. The lowest BCUT2D eigenvalue weighted by Crippen LogP contribution is -2.44. The molecule has 5 heteroatoms. The van der Waals surface area contributed by atoms with Crippen LogP contribution in [0.3, 0.4) is 0 Å². The second-order valence-corrected chi connectivity index (χ2v) is 5.78. The number of ether oxygens (including phenoxy) is 2. The zero-order valence-corrected chi connectivity index (χ0v) is 13.0. The van der Waals surface area contributed by atoms with Crippen molar-refractivity contribution >= 4 is 5.97 Å². The van der Waals surface area contributed by atoms with Gasteiger partial charge in [-0.1, -0.05) is 12.1 Å². The predicted octanol–water partition coefficient (Wildman–Crippen LogP) is 2.26. The fourth-order valence-corrected chi connectivity index (χ4v) is 1.66. The first-order valence-corrected chi connectivity index (χ1v) is 6.86. The summed E-state index contributed by atoms with van der Waals surface area (Å²) in [4.78, 5) is 11.2. The number of nitriles is 1. The Morgan fingerprint density at radius 1 is 1.38 bits per heavy atom. The van der Waals surface area contributed by atoms with Crippen LogP contribution in [-0.2, 0) is 9.53 Å². The van der Waals surface area contributed by atoms with E-state index in [1.807, 2.05) is 20.8 Å². The van der Waals surface area contributed by atoms with E-state index >= 15 is 0 Å². The smallest absolute Gasteiger partial charge is 0.303 e. The van der Waals surface area contributed by atoms with Gasteiger partial charge in [0.05, 0.1) is 5.56 Å². The lowest BCUT2D eigenvalue weighted by atomic mass is 10.1. The molecule has 0 spiro atoms. The number of para-hydroxylation sites is 1. The lowest BCUT2D eigenvalue weighted by molar-refractivity contribution is -0.147. The second kappa shape index (κ2) is 7.65. The van der Waals surface area contributed by atoms with Gasteiger partial charge in [0.2, 0.25) is 0 Å². The molecular formula is C16H22N2O3. The van der Waals surface area contributed by atoms with Crippen molar-refractivity contribution < 1.29 is 14.3 Å². The number of nitrogens with one attached hydrogen (secondary N) is 1. The van der Waals surface area contributed by atoms with Crippen molar-refractivity contribution in [2.24, 2.45) is 0 Å². The Labute approximate surface area is 125 Å². The van der Waals surface area contributed by atoms with Crippen LogP contribution in [0, 0.1) is 11.3 Å². The Bertz CT molecular complexity index is 515. The molecular weight excluding hydrogens is 268 g/mol. The summed E-state index contributed by atoms with van der Waals surface area (Å²) in [6.45, 7) is 8.14. The molecule has 0 aliphatic rings. The molecule has 114 valence electrons. The van der Waals surface area contributed by atoms with Crippen molar-refractivity contribution in [1.29, 1.82) is 5.26 Å². The number of nitrogens with zero attached hydrogens (tertiary/aromatic N) is 1. The predicted molar refractivity (Wildman–Crippen MR) is 80.0 cm³/mol. The average Bonchev–Trinajstić information content (AvgIpc) is 2.40. The van der Waals surface area contributed by atoms with E-state index in [1.54, 1.807) is 24.3 Å². The summed E-state index contributed by atoms with van der Waals surface area (Å²) in [6.07, 6.45) is -0.409. The summed E-state index contributed by atoms with van der Waals surface area (Å²) < 4.78 is 10.8. The zero-order chi connectivity index (χ0) is 15.9.